The highest BCUT2D eigenvalue weighted by Crippen LogP contribution is 2.14. The molecular weight excluding hydrogens is 264 g/mol. The summed E-state index contributed by atoms with van der Waals surface area (Å²) in [6.07, 6.45) is 5.17. The van der Waals surface area contributed by atoms with Crippen LogP contribution < -0.4 is 10.2 Å². The number of imide groups is 1. The fraction of sp³-hybridized carbons (Fsp3) is 0.250. The molecule has 0 radical (unpaired) electrons. The van der Waals surface area contributed by atoms with E-state index in [4.69, 9.17) is 5.11 Å². The SMILES string of the molecule is CC1C(=O)NC(=O)CN1c1ncc(/C=C/C(=O)O)cn1. The van der Waals surface area contributed by atoms with E-state index in [1.165, 1.54) is 23.4 Å². The second-order valence-electron chi connectivity index (χ2n) is 4.20. The lowest BCUT2D eigenvalue weighted by Gasteiger charge is -2.31. The lowest BCUT2D eigenvalue weighted by molar-refractivity contribution is -0.133. The topological polar surface area (TPSA) is 112 Å². The second-order valence-corrected chi connectivity index (χ2v) is 4.20. The van der Waals surface area contributed by atoms with E-state index in [2.05, 4.69) is 15.3 Å². The minimum atomic E-state index is -1.07. The molecule has 20 heavy (non-hydrogen) atoms. The highest BCUT2D eigenvalue weighted by atomic mass is 16.4. The van der Waals surface area contributed by atoms with Crippen LogP contribution in [0, 0.1) is 0 Å². The maximum atomic E-state index is 11.5. The molecule has 2 amide bonds. The number of amides is 2. The number of aliphatic carboxylic acids is 1. The summed E-state index contributed by atoms with van der Waals surface area (Å²) >= 11 is 0. The molecule has 0 saturated carbocycles. The number of piperazine rings is 1. The first-order valence-electron chi connectivity index (χ1n) is 5.81. The van der Waals surface area contributed by atoms with Gasteiger partial charge in [0, 0.05) is 24.0 Å². The molecule has 1 aliphatic rings. The number of hydrogen-bond donors (Lipinski definition) is 2. The van der Waals surface area contributed by atoms with Crippen molar-refractivity contribution in [2.45, 2.75) is 13.0 Å². The van der Waals surface area contributed by atoms with E-state index in [1.807, 2.05) is 0 Å². The number of nitrogens with zero attached hydrogens (tertiary/aromatic N) is 3. The van der Waals surface area contributed by atoms with Gasteiger partial charge in [-0.2, -0.15) is 0 Å². The van der Waals surface area contributed by atoms with Crippen LogP contribution in [0.15, 0.2) is 18.5 Å². The summed E-state index contributed by atoms with van der Waals surface area (Å²) in [5.74, 6) is -1.64. The number of carbonyl (C=O) groups is 3. The Hall–Kier alpha value is -2.77. The molecule has 0 aromatic carbocycles. The van der Waals surface area contributed by atoms with Crippen molar-refractivity contribution in [1.29, 1.82) is 0 Å². The number of aromatic nitrogens is 2. The molecule has 0 spiro atoms. The van der Waals surface area contributed by atoms with Gasteiger partial charge in [-0.1, -0.05) is 0 Å². The molecule has 0 aliphatic carbocycles. The van der Waals surface area contributed by atoms with E-state index >= 15 is 0 Å². The van der Waals surface area contributed by atoms with Crippen molar-refractivity contribution in [2.24, 2.45) is 0 Å². The van der Waals surface area contributed by atoms with Gasteiger partial charge in [-0.25, -0.2) is 14.8 Å². The molecule has 1 fully saturated rings. The molecule has 1 unspecified atom stereocenters. The maximum absolute atomic E-state index is 11.5. The highest BCUT2D eigenvalue weighted by Gasteiger charge is 2.31. The van der Waals surface area contributed by atoms with Crippen molar-refractivity contribution in [3.63, 3.8) is 0 Å². The van der Waals surface area contributed by atoms with Crippen LogP contribution in [0.1, 0.15) is 12.5 Å². The van der Waals surface area contributed by atoms with E-state index in [-0.39, 0.29) is 12.5 Å². The smallest absolute Gasteiger partial charge is 0.328 e. The number of carboxylic acids is 1. The van der Waals surface area contributed by atoms with Gasteiger partial charge in [0.05, 0.1) is 0 Å². The molecule has 8 heteroatoms. The van der Waals surface area contributed by atoms with Gasteiger partial charge >= 0.3 is 5.97 Å². The summed E-state index contributed by atoms with van der Waals surface area (Å²) in [5.41, 5.74) is 0.511. The number of anilines is 1. The van der Waals surface area contributed by atoms with Crippen LogP contribution in [0.2, 0.25) is 0 Å². The molecule has 1 aliphatic heterocycles. The summed E-state index contributed by atoms with van der Waals surface area (Å²) in [6, 6.07) is -0.548. The quantitative estimate of drug-likeness (QED) is 0.561. The van der Waals surface area contributed by atoms with Crippen molar-refractivity contribution < 1.29 is 19.5 Å². The van der Waals surface area contributed by atoms with Crippen LogP contribution >= 0.6 is 0 Å². The molecule has 1 aromatic rings. The largest absolute Gasteiger partial charge is 0.478 e. The molecular formula is C12H12N4O4. The zero-order chi connectivity index (χ0) is 14.7. The molecule has 1 aromatic heterocycles. The fourth-order valence-corrected chi connectivity index (χ4v) is 1.69. The summed E-state index contributed by atoms with van der Waals surface area (Å²) in [7, 11) is 0. The first-order chi connectivity index (χ1) is 9.47. The van der Waals surface area contributed by atoms with Gasteiger partial charge in [0.2, 0.25) is 17.8 Å². The standard InChI is InChI=1S/C12H12N4O4/c1-7-11(20)15-9(17)6-16(7)12-13-4-8(5-14-12)2-3-10(18)19/h2-5,7H,6H2,1H3,(H,18,19)(H,15,17,20)/b3-2+. The summed E-state index contributed by atoms with van der Waals surface area (Å²) in [6.45, 7) is 1.64. The summed E-state index contributed by atoms with van der Waals surface area (Å²) in [5, 5.41) is 10.7. The Balaban J connectivity index is 2.18. The van der Waals surface area contributed by atoms with Gasteiger partial charge in [-0.15, -0.1) is 0 Å². The van der Waals surface area contributed by atoms with E-state index < -0.39 is 23.8 Å². The zero-order valence-electron chi connectivity index (χ0n) is 10.6. The Morgan fingerprint density at radius 3 is 2.70 bits per heavy atom. The van der Waals surface area contributed by atoms with E-state index in [0.717, 1.165) is 6.08 Å². The number of hydrogen-bond acceptors (Lipinski definition) is 6. The van der Waals surface area contributed by atoms with Gasteiger partial charge < -0.3 is 10.0 Å². The molecule has 0 bridgehead atoms. The van der Waals surface area contributed by atoms with Crippen molar-refractivity contribution in [2.75, 3.05) is 11.4 Å². The predicted octanol–water partition coefficient (Wildman–Crippen LogP) is -0.574. The van der Waals surface area contributed by atoms with Crippen LogP contribution in [-0.4, -0.2) is 45.4 Å². The average molecular weight is 276 g/mol. The first kappa shape index (κ1) is 13.7. The average Bonchev–Trinajstić information content (AvgIpc) is 2.41. The van der Waals surface area contributed by atoms with Gasteiger partial charge in [-0.3, -0.25) is 14.9 Å². The van der Waals surface area contributed by atoms with Crippen LogP contribution in [0.3, 0.4) is 0 Å². The highest BCUT2D eigenvalue weighted by molar-refractivity contribution is 6.04. The number of carboxylic acid groups (broad SMARTS) is 1. The van der Waals surface area contributed by atoms with Crippen LogP contribution in [0.25, 0.3) is 6.08 Å². The normalized spacial score (nSPS) is 19.2. The molecule has 1 atom stereocenters. The van der Waals surface area contributed by atoms with Crippen molar-refractivity contribution in [3.8, 4) is 0 Å². The van der Waals surface area contributed by atoms with Crippen molar-refractivity contribution >= 4 is 29.8 Å². The molecule has 2 rings (SSSR count). The van der Waals surface area contributed by atoms with Crippen LogP contribution in [0.5, 0.6) is 0 Å². The Morgan fingerprint density at radius 2 is 2.10 bits per heavy atom. The molecule has 2 N–H and O–H groups in total. The Bertz CT molecular complexity index is 582. The van der Waals surface area contributed by atoms with Crippen LogP contribution in [0.4, 0.5) is 5.95 Å². The number of nitrogens with one attached hydrogen (secondary N) is 1. The Kier molecular flexibility index (Phi) is 3.74. The second kappa shape index (κ2) is 5.47. The zero-order valence-corrected chi connectivity index (χ0v) is 10.6. The molecule has 104 valence electrons. The monoisotopic (exact) mass is 276 g/mol. The van der Waals surface area contributed by atoms with Gasteiger partial charge in [0.15, 0.2) is 0 Å². The lowest BCUT2D eigenvalue weighted by Crippen LogP contribution is -2.57. The van der Waals surface area contributed by atoms with Crippen molar-refractivity contribution in [1.82, 2.24) is 15.3 Å². The molecule has 1 saturated heterocycles. The third-order valence-corrected chi connectivity index (χ3v) is 2.76. The van der Waals surface area contributed by atoms with Gasteiger partial charge in [0.25, 0.3) is 0 Å². The summed E-state index contributed by atoms with van der Waals surface area (Å²) < 4.78 is 0. The maximum Gasteiger partial charge on any atom is 0.328 e. The Labute approximate surface area is 114 Å². The molecule has 8 nitrogen and oxygen atoms in total. The van der Waals surface area contributed by atoms with Gasteiger partial charge in [0.1, 0.15) is 12.6 Å². The molecule has 2 heterocycles. The van der Waals surface area contributed by atoms with Crippen LogP contribution in [-0.2, 0) is 14.4 Å². The Morgan fingerprint density at radius 1 is 1.45 bits per heavy atom. The third kappa shape index (κ3) is 2.97. The lowest BCUT2D eigenvalue weighted by atomic mass is 10.2. The van der Waals surface area contributed by atoms with Gasteiger partial charge in [-0.05, 0) is 13.0 Å². The first-order valence-corrected chi connectivity index (χ1v) is 5.81. The third-order valence-electron chi connectivity index (χ3n) is 2.76. The van der Waals surface area contributed by atoms with E-state index in [1.54, 1.807) is 6.92 Å². The fourth-order valence-electron chi connectivity index (χ4n) is 1.69. The predicted molar refractivity (Wildman–Crippen MR) is 68.7 cm³/mol. The van der Waals surface area contributed by atoms with E-state index in [0.29, 0.717) is 5.56 Å². The van der Waals surface area contributed by atoms with E-state index in [9.17, 15) is 14.4 Å². The number of carbonyl (C=O) groups excluding carboxylic acids is 2. The minimum Gasteiger partial charge on any atom is -0.478 e. The number of rotatable bonds is 3. The summed E-state index contributed by atoms with van der Waals surface area (Å²) in [4.78, 5) is 42.8. The minimum absolute atomic E-state index is 0.00276. The van der Waals surface area contributed by atoms with Crippen molar-refractivity contribution in [3.05, 3.63) is 24.0 Å².